The molecule has 0 radical (unpaired) electrons. The van der Waals surface area contributed by atoms with E-state index in [9.17, 15) is 4.39 Å². The number of hydrogen-bond donors (Lipinski definition) is 2. The second kappa shape index (κ2) is 11.2. The van der Waals surface area contributed by atoms with E-state index in [0.29, 0.717) is 5.92 Å². The lowest BCUT2D eigenvalue weighted by molar-refractivity contribution is 0.0888. The van der Waals surface area contributed by atoms with Gasteiger partial charge in [0.2, 0.25) is 0 Å². The zero-order valence-corrected chi connectivity index (χ0v) is 18.3. The van der Waals surface area contributed by atoms with Gasteiger partial charge in [0.1, 0.15) is 5.82 Å². The molecule has 3 rings (SSSR count). The van der Waals surface area contributed by atoms with Crippen LogP contribution in [0.3, 0.4) is 0 Å². The molecule has 1 atom stereocenters. The summed E-state index contributed by atoms with van der Waals surface area (Å²) in [6.45, 7) is 4.83. The van der Waals surface area contributed by atoms with E-state index in [1.807, 2.05) is 6.07 Å². The smallest absolute Gasteiger partial charge is 0.191 e. The lowest BCUT2D eigenvalue weighted by Gasteiger charge is -2.19. The van der Waals surface area contributed by atoms with Gasteiger partial charge in [0, 0.05) is 44.7 Å². The van der Waals surface area contributed by atoms with Crippen LogP contribution in [0.15, 0.2) is 29.3 Å². The summed E-state index contributed by atoms with van der Waals surface area (Å²) in [4.78, 5) is 4.27. The third-order valence-electron chi connectivity index (χ3n) is 5.24. The van der Waals surface area contributed by atoms with Gasteiger partial charge in [-0.05, 0) is 43.4 Å². The maximum atomic E-state index is 13.5. The molecule has 7 heteroatoms. The minimum atomic E-state index is -0.166. The van der Waals surface area contributed by atoms with Crippen molar-refractivity contribution in [3.8, 4) is 0 Å². The molecule has 2 N–H and O–H groups in total. The maximum Gasteiger partial charge on any atom is 0.191 e. The average Bonchev–Trinajstić information content (AvgIpc) is 3.27. The molecule has 1 aromatic carbocycles. The van der Waals surface area contributed by atoms with Crippen molar-refractivity contribution in [1.29, 1.82) is 0 Å². The minimum absolute atomic E-state index is 0. The van der Waals surface area contributed by atoms with Gasteiger partial charge in [0.15, 0.2) is 5.96 Å². The molecule has 1 aromatic rings. The highest BCUT2D eigenvalue weighted by Crippen LogP contribution is 2.47. The SMILES string of the molecule is CN=C(NCCCOCC1CCOC1)NCC1(c2cccc(F)c2)CC1.I. The van der Waals surface area contributed by atoms with Crippen LogP contribution in [0.2, 0.25) is 0 Å². The average molecular weight is 491 g/mol. The zero-order valence-electron chi connectivity index (χ0n) is 16.0. The van der Waals surface area contributed by atoms with E-state index < -0.39 is 0 Å². The normalized spacial score (nSPS) is 20.8. The van der Waals surface area contributed by atoms with Gasteiger partial charge in [-0.25, -0.2) is 4.39 Å². The molecule has 5 nitrogen and oxygen atoms in total. The van der Waals surface area contributed by atoms with Crippen LogP contribution >= 0.6 is 24.0 Å². The highest BCUT2D eigenvalue weighted by atomic mass is 127. The lowest BCUT2D eigenvalue weighted by atomic mass is 9.96. The number of nitrogens with zero attached hydrogens (tertiary/aromatic N) is 1. The number of benzene rings is 1. The van der Waals surface area contributed by atoms with Crippen molar-refractivity contribution >= 4 is 29.9 Å². The number of guanidine groups is 1. The summed E-state index contributed by atoms with van der Waals surface area (Å²) in [7, 11) is 1.77. The van der Waals surface area contributed by atoms with Gasteiger partial charge in [-0.2, -0.15) is 0 Å². The molecule has 27 heavy (non-hydrogen) atoms. The summed E-state index contributed by atoms with van der Waals surface area (Å²) in [5, 5.41) is 6.71. The van der Waals surface area contributed by atoms with Crippen molar-refractivity contribution in [3.05, 3.63) is 35.6 Å². The highest BCUT2D eigenvalue weighted by molar-refractivity contribution is 14.0. The summed E-state index contributed by atoms with van der Waals surface area (Å²) < 4.78 is 24.5. The van der Waals surface area contributed by atoms with Gasteiger partial charge in [-0.1, -0.05) is 12.1 Å². The number of aliphatic imine (C=N–C) groups is 1. The van der Waals surface area contributed by atoms with Crippen molar-refractivity contribution in [2.24, 2.45) is 10.9 Å². The first-order valence-corrected chi connectivity index (χ1v) is 9.58. The van der Waals surface area contributed by atoms with Crippen LogP contribution in [-0.2, 0) is 14.9 Å². The Morgan fingerprint density at radius 3 is 2.89 bits per heavy atom. The summed E-state index contributed by atoms with van der Waals surface area (Å²) in [6.07, 6.45) is 4.21. The van der Waals surface area contributed by atoms with Gasteiger partial charge in [-0.3, -0.25) is 4.99 Å². The monoisotopic (exact) mass is 491 g/mol. The van der Waals surface area contributed by atoms with Crippen molar-refractivity contribution in [1.82, 2.24) is 10.6 Å². The van der Waals surface area contributed by atoms with E-state index in [1.165, 1.54) is 6.07 Å². The summed E-state index contributed by atoms with van der Waals surface area (Å²) in [5.74, 6) is 1.19. The van der Waals surface area contributed by atoms with Gasteiger partial charge in [-0.15, -0.1) is 24.0 Å². The Hall–Kier alpha value is -0.930. The molecule has 2 aliphatic rings. The Morgan fingerprint density at radius 1 is 1.37 bits per heavy atom. The van der Waals surface area contributed by atoms with Gasteiger partial charge < -0.3 is 20.1 Å². The molecule has 1 saturated heterocycles. The van der Waals surface area contributed by atoms with E-state index in [-0.39, 0.29) is 35.2 Å². The molecule has 0 bridgehead atoms. The van der Waals surface area contributed by atoms with E-state index in [4.69, 9.17) is 9.47 Å². The van der Waals surface area contributed by atoms with Crippen LogP contribution in [0.5, 0.6) is 0 Å². The van der Waals surface area contributed by atoms with Gasteiger partial charge >= 0.3 is 0 Å². The molecule has 2 fully saturated rings. The lowest BCUT2D eigenvalue weighted by Crippen LogP contribution is -2.41. The van der Waals surface area contributed by atoms with Crippen LogP contribution in [0, 0.1) is 11.7 Å². The molecule has 1 aliphatic heterocycles. The van der Waals surface area contributed by atoms with Crippen LogP contribution in [-0.4, -0.2) is 52.5 Å². The molecule has 0 spiro atoms. The summed E-state index contributed by atoms with van der Waals surface area (Å²) in [6, 6.07) is 6.95. The first kappa shape index (κ1) is 22.4. The fourth-order valence-electron chi connectivity index (χ4n) is 3.36. The molecule has 0 amide bonds. The van der Waals surface area contributed by atoms with Gasteiger partial charge in [0.05, 0.1) is 13.2 Å². The minimum Gasteiger partial charge on any atom is -0.381 e. The zero-order chi connectivity index (χ0) is 18.2. The van der Waals surface area contributed by atoms with Crippen molar-refractivity contribution < 1.29 is 13.9 Å². The number of rotatable bonds is 9. The van der Waals surface area contributed by atoms with E-state index >= 15 is 0 Å². The summed E-state index contributed by atoms with van der Waals surface area (Å²) in [5.41, 5.74) is 1.12. The first-order chi connectivity index (χ1) is 12.7. The highest BCUT2D eigenvalue weighted by Gasteiger charge is 2.44. The largest absolute Gasteiger partial charge is 0.381 e. The summed E-state index contributed by atoms with van der Waals surface area (Å²) >= 11 is 0. The fraction of sp³-hybridized carbons (Fsp3) is 0.650. The van der Waals surface area contributed by atoms with Crippen molar-refractivity contribution in [2.75, 3.05) is 46.6 Å². The van der Waals surface area contributed by atoms with Crippen molar-refractivity contribution in [3.63, 3.8) is 0 Å². The van der Waals surface area contributed by atoms with E-state index in [1.54, 1.807) is 19.2 Å². The van der Waals surface area contributed by atoms with Crippen LogP contribution in [0.1, 0.15) is 31.2 Å². The molecule has 1 heterocycles. The predicted molar refractivity (Wildman–Crippen MR) is 116 cm³/mol. The second-order valence-corrected chi connectivity index (χ2v) is 7.30. The van der Waals surface area contributed by atoms with E-state index in [2.05, 4.69) is 15.6 Å². The fourth-order valence-corrected chi connectivity index (χ4v) is 3.36. The van der Waals surface area contributed by atoms with Crippen LogP contribution in [0.25, 0.3) is 0 Å². The second-order valence-electron chi connectivity index (χ2n) is 7.30. The van der Waals surface area contributed by atoms with E-state index in [0.717, 1.165) is 76.7 Å². The molecular weight excluding hydrogens is 460 g/mol. The Morgan fingerprint density at radius 2 is 2.22 bits per heavy atom. The molecule has 1 unspecified atom stereocenters. The number of nitrogens with one attached hydrogen (secondary N) is 2. The molecule has 152 valence electrons. The van der Waals surface area contributed by atoms with Crippen LogP contribution < -0.4 is 10.6 Å². The van der Waals surface area contributed by atoms with Gasteiger partial charge in [0.25, 0.3) is 0 Å². The quantitative estimate of drug-likeness (QED) is 0.241. The third-order valence-corrected chi connectivity index (χ3v) is 5.24. The Balaban J connectivity index is 0.00000261. The topological polar surface area (TPSA) is 54.9 Å². The van der Waals surface area contributed by atoms with Crippen molar-refractivity contribution in [2.45, 2.75) is 31.1 Å². The Labute approximate surface area is 178 Å². The Bertz CT molecular complexity index is 605. The molecule has 1 aliphatic carbocycles. The number of halogens is 2. The molecule has 0 aromatic heterocycles. The number of ether oxygens (including phenoxy) is 2. The molecular formula is C20H31FIN3O2. The van der Waals surface area contributed by atoms with Crippen LogP contribution in [0.4, 0.5) is 4.39 Å². The standard InChI is InChI=1S/C20H30FN3O2.HI/c1-22-19(23-9-3-10-25-13-16-6-11-26-14-16)24-15-20(7-8-20)17-4-2-5-18(21)12-17;/h2,4-5,12,16H,3,6-11,13-15H2,1H3,(H2,22,23,24);1H. The number of hydrogen-bond acceptors (Lipinski definition) is 3. The predicted octanol–water partition coefficient (Wildman–Crippen LogP) is 3.08. The maximum absolute atomic E-state index is 13.5. The Kier molecular flexibility index (Phi) is 9.25. The molecule has 1 saturated carbocycles. The third kappa shape index (κ3) is 6.87. The first-order valence-electron chi connectivity index (χ1n) is 9.58.